The molecule has 216 valence electrons. The van der Waals surface area contributed by atoms with Crippen LogP contribution in [0.1, 0.15) is 78.1 Å². The molecule has 1 atom stereocenters. The highest BCUT2D eigenvalue weighted by Crippen LogP contribution is 2.31. The largest absolute Gasteiger partial charge is 0.478 e. The number of carboxylic acid groups (broad SMARTS) is 1. The summed E-state index contributed by atoms with van der Waals surface area (Å²) in [6.07, 6.45) is 1.86. The first kappa shape index (κ1) is 29.0. The summed E-state index contributed by atoms with van der Waals surface area (Å²) in [6, 6.07) is 16.0. The van der Waals surface area contributed by atoms with E-state index in [0.717, 1.165) is 33.8 Å². The number of benzene rings is 2. The van der Waals surface area contributed by atoms with Crippen LogP contribution < -0.4 is 14.9 Å². The molecular formula is C33H33N3O5S. The molecule has 0 aliphatic carbocycles. The van der Waals surface area contributed by atoms with Crippen LogP contribution in [0.5, 0.6) is 0 Å². The van der Waals surface area contributed by atoms with Crippen molar-refractivity contribution in [3.63, 3.8) is 0 Å². The molecule has 0 saturated carbocycles. The van der Waals surface area contributed by atoms with Gasteiger partial charge in [-0.05, 0) is 86.7 Å². The van der Waals surface area contributed by atoms with Gasteiger partial charge >= 0.3 is 11.9 Å². The molecule has 0 unspecified atom stereocenters. The number of allylic oxidation sites excluding steroid dienone is 1. The van der Waals surface area contributed by atoms with Gasteiger partial charge in [-0.2, -0.15) is 0 Å². The Morgan fingerprint density at radius 2 is 1.74 bits per heavy atom. The fourth-order valence-corrected chi connectivity index (χ4v) is 6.43. The standard InChI is InChI=1S/C33H33N3O5S/c1-7-41-32(40)28-20(5)34-33-36(29(28)23-10-8-22(9-11-23)18(2)3)30(37)27(42-33)17-25-16-19(4)35(21(25)6)26-14-12-24(13-15-26)31(38)39/h8-18,29H,7H2,1-6H3,(H,38,39)/b27-17+/t29-/m0/s1. The van der Waals surface area contributed by atoms with Crippen molar-refractivity contribution < 1.29 is 19.4 Å². The molecule has 8 nitrogen and oxygen atoms in total. The second kappa shape index (κ2) is 11.4. The van der Waals surface area contributed by atoms with Crippen LogP contribution in [-0.2, 0) is 9.53 Å². The highest BCUT2D eigenvalue weighted by Gasteiger charge is 2.33. The number of hydrogen-bond donors (Lipinski definition) is 1. The lowest BCUT2D eigenvalue weighted by Gasteiger charge is -2.25. The molecule has 2 aromatic heterocycles. The zero-order chi connectivity index (χ0) is 30.3. The second-order valence-corrected chi connectivity index (χ2v) is 11.6. The number of rotatable bonds is 7. The molecule has 42 heavy (non-hydrogen) atoms. The summed E-state index contributed by atoms with van der Waals surface area (Å²) in [5, 5.41) is 9.26. The summed E-state index contributed by atoms with van der Waals surface area (Å²) in [4.78, 5) is 43.7. The predicted octanol–water partition coefficient (Wildman–Crippen LogP) is 5.03. The van der Waals surface area contributed by atoms with Gasteiger partial charge in [-0.1, -0.05) is 49.4 Å². The summed E-state index contributed by atoms with van der Waals surface area (Å²) < 4.78 is 9.53. The lowest BCUT2D eigenvalue weighted by atomic mass is 9.93. The van der Waals surface area contributed by atoms with Gasteiger partial charge in [0.05, 0.1) is 34.0 Å². The summed E-state index contributed by atoms with van der Waals surface area (Å²) >= 11 is 1.29. The maximum Gasteiger partial charge on any atom is 0.338 e. The number of hydrogen-bond acceptors (Lipinski definition) is 6. The van der Waals surface area contributed by atoms with Crippen molar-refractivity contribution >= 4 is 29.4 Å². The van der Waals surface area contributed by atoms with E-state index in [1.807, 2.05) is 54.8 Å². The van der Waals surface area contributed by atoms with Crippen LogP contribution in [0.3, 0.4) is 0 Å². The summed E-state index contributed by atoms with van der Waals surface area (Å²) in [5.41, 5.74) is 6.39. The molecule has 1 aliphatic rings. The molecule has 0 bridgehead atoms. The van der Waals surface area contributed by atoms with Crippen LogP contribution in [0.2, 0.25) is 0 Å². The molecule has 9 heteroatoms. The molecule has 1 N–H and O–H groups in total. The number of aromatic nitrogens is 2. The summed E-state index contributed by atoms with van der Waals surface area (Å²) in [7, 11) is 0. The van der Waals surface area contributed by atoms with Crippen LogP contribution in [0.4, 0.5) is 0 Å². The van der Waals surface area contributed by atoms with Crippen molar-refractivity contribution in [2.24, 2.45) is 4.99 Å². The van der Waals surface area contributed by atoms with Gasteiger partial charge in [0.2, 0.25) is 0 Å². The topological polar surface area (TPSA) is 103 Å². The van der Waals surface area contributed by atoms with Gasteiger partial charge in [-0.25, -0.2) is 14.6 Å². The molecule has 0 fully saturated rings. The van der Waals surface area contributed by atoms with Gasteiger partial charge in [0, 0.05) is 17.1 Å². The first-order valence-electron chi connectivity index (χ1n) is 13.8. The Bertz CT molecular complexity index is 1910. The smallest absolute Gasteiger partial charge is 0.338 e. The average Bonchev–Trinajstić information content (AvgIpc) is 3.41. The normalized spacial score (nSPS) is 15.1. The van der Waals surface area contributed by atoms with E-state index in [1.54, 1.807) is 42.7 Å². The van der Waals surface area contributed by atoms with E-state index in [0.29, 0.717) is 26.5 Å². The fourth-order valence-electron chi connectivity index (χ4n) is 5.40. The van der Waals surface area contributed by atoms with Crippen LogP contribution in [0.25, 0.3) is 11.8 Å². The number of aryl methyl sites for hydroxylation is 1. The first-order valence-corrected chi connectivity index (χ1v) is 14.7. The third-order valence-electron chi connectivity index (χ3n) is 7.57. The van der Waals surface area contributed by atoms with Crippen molar-refractivity contribution in [3.8, 4) is 5.69 Å². The van der Waals surface area contributed by atoms with E-state index in [-0.39, 0.29) is 17.7 Å². The maximum absolute atomic E-state index is 14.0. The fraction of sp³-hybridized carbons (Fsp3) is 0.273. The van der Waals surface area contributed by atoms with Gasteiger partial charge in [0.1, 0.15) is 0 Å². The van der Waals surface area contributed by atoms with E-state index in [4.69, 9.17) is 4.74 Å². The molecule has 3 heterocycles. The second-order valence-electron chi connectivity index (χ2n) is 10.6. The van der Waals surface area contributed by atoms with Crippen molar-refractivity contribution in [1.82, 2.24) is 9.13 Å². The Morgan fingerprint density at radius 1 is 1.07 bits per heavy atom. The highest BCUT2D eigenvalue weighted by atomic mass is 32.1. The minimum atomic E-state index is -0.978. The molecule has 5 rings (SSSR count). The zero-order valence-electron chi connectivity index (χ0n) is 24.5. The molecule has 0 spiro atoms. The number of nitrogens with zero attached hydrogens (tertiary/aromatic N) is 3. The maximum atomic E-state index is 14.0. The van der Waals surface area contributed by atoms with Crippen LogP contribution in [0, 0.1) is 13.8 Å². The third-order valence-corrected chi connectivity index (χ3v) is 8.55. The van der Waals surface area contributed by atoms with Crippen LogP contribution in [0.15, 0.2) is 75.7 Å². The SMILES string of the molecule is CCOC(=O)C1=C(C)N=c2s/c(=C/c3cc(C)n(-c4ccc(C(=O)O)cc4)c3C)c(=O)n2[C@H]1c1ccc(C(C)C)cc1. The Balaban J connectivity index is 1.65. The monoisotopic (exact) mass is 583 g/mol. The van der Waals surface area contributed by atoms with Crippen LogP contribution >= 0.6 is 11.3 Å². The Labute approximate surface area is 247 Å². The lowest BCUT2D eigenvalue weighted by molar-refractivity contribution is -0.139. The number of fused-ring (bicyclic) bond motifs is 1. The number of carbonyl (C=O) groups is 2. The Kier molecular flexibility index (Phi) is 7.88. The Morgan fingerprint density at radius 3 is 2.33 bits per heavy atom. The zero-order valence-corrected chi connectivity index (χ0v) is 25.3. The van der Waals surface area contributed by atoms with Crippen molar-refractivity contribution in [3.05, 3.63) is 119 Å². The highest BCUT2D eigenvalue weighted by molar-refractivity contribution is 7.07. The lowest BCUT2D eigenvalue weighted by Crippen LogP contribution is -2.39. The van der Waals surface area contributed by atoms with E-state index >= 15 is 0 Å². The summed E-state index contributed by atoms with van der Waals surface area (Å²) in [6.45, 7) is 11.9. The molecule has 2 aromatic carbocycles. The van der Waals surface area contributed by atoms with Crippen molar-refractivity contribution in [1.29, 1.82) is 0 Å². The Hall–Kier alpha value is -4.50. The number of carbonyl (C=O) groups excluding carboxylic acids is 1. The molecule has 1 aliphatic heterocycles. The number of esters is 1. The van der Waals surface area contributed by atoms with E-state index in [1.165, 1.54) is 11.3 Å². The minimum absolute atomic E-state index is 0.216. The number of aromatic carboxylic acids is 1. The van der Waals surface area contributed by atoms with Crippen LogP contribution in [-0.4, -0.2) is 32.8 Å². The quantitative estimate of drug-likeness (QED) is 0.308. The molecule has 0 amide bonds. The van der Waals surface area contributed by atoms with Gasteiger partial charge in [-0.3, -0.25) is 9.36 Å². The minimum Gasteiger partial charge on any atom is -0.478 e. The first-order chi connectivity index (χ1) is 20.0. The van der Waals surface area contributed by atoms with E-state index < -0.39 is 18.0 Å². The number of thiazole rings is 1. The molecular weight excluding hydrogens is 550 g/mol. The van der Waals surface area contributed by atoms with E-state index in [2.05, 4.69) is 18.8 Å². The van der Waals surface area contributed by atoms with Gasteiger partial charge < -0.3 is 14.4 Å². The average molecular weight is 584 g/mol. The molecule has 4 aromatic rings. The summed E-state index contributed by atoms with van der Waals surface area (Å²) in [5.74, 6) is -1.12. The third kappa shape index (κ3) is 5.16. The predicted molar refractivity (Wildman–Crippen MR) is 163 cm³/mol. The number of ether oxygens (including phenoxy) is 1. The van der Waals surface area contributed by atoms with Gasteiger partial charge in [0.15, 0.2) is 4.80 Å². The van der Waals surface area contributed by atoms with Crippen molar-refractivity contribution in [2.45, 2.75) is 53.5 Å². The molecule has 0 radical (unpaired) electrons. The number of carboxylic acids is 1. The van der Waals surface area contributed by atoms with Crippen molar-refractivity contribution in [2.75, 3.05) is 6.61 Å². The molecule has 0 saturated heterocycles. The van der Waals surface area contributed by atoms with Gasteiger partial charge in [-0.15, -0.1) is 0 Å². The van der Waals surface area contributed by atoms with E-state index in [9.17, 15) is 19.5 Å². The van der Waals surface area contributed by atoms with Gasteiger partial charge in [0.25, 0.3) is 5.56 Å².